The van der Waals surface area contributed by atoms with Gasteiger partial charge in [-0.25, -0.2) is 4.79 Å². The number of amides is 1. The molecule has 2 rings (SSSR count). The van der Waals surface area contributed by atoms with E-state index in [1.807, 2.05) is 37.3 Å². The SMILES string of the molecule is CCOC(=O)c1cc(CC)sc1NC(=O)CCc1ccccc1. The van der Waals surface area contributed by atoms with Crippen LogP contribution >= 0.6 is 11.3 Å². The standard InChI is InChI=1S/C18H21NO3S/c1-3-14-12-15(18(21)22-4-2)17(23-14)19-16(20)11-10-13-8-6-5-7-9-13/h5-9,12H,3-4,10-11H2,1-2H3,(H,19,20). The molecule has 1 amide bonds. The minimum absolute atomic E-state index is 0.0936. The van der Waals surface area contributed by atoms with Gasteiger partial charge in [0, 0.05) is 11.3 Å². The molecule has 0 spiro atoms. The molecule has 0 saturated heterocycles. The Kier molecular flexibility index (Phi) is 6.35. The van der Waals surface area contributed by atoms with Crippen LogP contribution in [-0.4, -0.2) is 18.5 Å². The second-order valence-electron chi connectivity index (χ2n) is 5.06. The van der Waals surface area contributed by atoms with Crippen molar-refractivity contribution in [1.29, 1.82) is 0 Å². The topological polar surface area (TPSA) is 55.4 Å². The first kappa shape index (κ1) is 17.2. The number of ether oxygens (including phenoxy) is 1. The van der Waals surface area contributed by atoms with Crippen LogP contribution in [-0.2, 0) is 22.4 Å². The molecule has 0 saturated carbocycles. The molecule has 4 nitrogen and oxygen atoms in total. The molecular formula is C18H21NO3S. The minimum atomic E-state index is -0.387. The molecule has 1 N–H and O–H groups in total. The molecule has 0 aliphatic carbocycles. The normalized spacial score (nSPS) is 10.3. The molecule has 2 aromatic rings. The number of hydrogen-bond acceptors (Lipinski definition) is 4. The average Bonchev–Trinajstić information content (AvgIpc) is 2.97. The molecule has 1 heterocycles. The van der Waals surface area contributed by atoms with Gasteiger partial charge in [-0.3, -0.25) is 4.79 Å². The maximum Gasteiger partial charge on any atom is 0.341 e. The summed E-state index contributed by atoms with van der Waals surface area (Å²) in [5.41, 5.74) is 1.57. The molecule has 0 atom stereocenters. The molecular weight excluding hydrogens is 310 g/mol. The zero-order valence-electron chi connectivity index (χ0n) is 13.4. The third-order valence-electron chi connectivity index (χ3n) is 3.36. The molecule has 122 valence electrons. The molecule has 5 heteroatoms. The summed E-state index contributed by atoms with van der Waals surface area (Å²) in [6, 6.07) is 11.7. The van der Waals surface area contributed by atoms with Crippen molar-refractivity contribution >= 4 is 28.2 Å². The predicted octanol–water partition coefficient (Wildman–Crippen LogP) is 4.06. The number of carbonyl (C=O) groups excluding carboxylic acids is 2. The van der Waals surface area contributed by atoms with Crippen LogP contribution in [0.5, 0.6) is 0 Å². The number of carbonyl (C=O) groups is 2. The van der Waals surface area contributed by atoms with Crippen LogP contribution in [0.15, 0.2) is 36.4 Å². The van der Waals surface area contributed by atoms with Gasteiger partial charge in [0.1, 0.15) is 5.00 Å². The van der Waals surface area contributed by atoms with Crippen LogP contribution < -0.4 is 5.32 Å². The fourth-order valence-corrected chi connectivity index (χ4v) is 3.16. The molecule has 0 radical (unpaired) electrons. The van der Waals surface area contributed by atoms with Gasteiger partial charge in [-0.1, -0.05) is 37.3 Å². The van der Waals surface area contributed by atoms with Gasteiger partial charge < -0.3 is 10.1 Å². The monoisotopic (exact) mass is 331 g/mol. The molecule has 0 aliphatic heterocycles. The Labute approximate surface area is 140 Å². The molecule has 0 bridgehead atoms. The van der Waals surface area contributed by atoms with E-state index in [1.54, 1.807) is 13.0 Å². The number of rotatable bonds is 7. The second kappa shape index (κ2) is 8.48. The number of anilines is 1. The van der Waals surface area contributed by atoms with Gasteiger partial charge in [0.2, 0.25) is 5.91 Å². The average molecular weight is 331 g/mol. The zero-order valence-corrected chi connectivity index (χ0v) is 14.2. The van der Waals surface area contributed by atoms with Gasteiger partial charge in [0.15, 0.2) is 0 Å². The lowest BCUT2D eigenvalue weighted by molar-refractivity contribution is -0.116. The smallest absolute Gasteiger partial charge is 0.341 e. The van der Waals surface area contributed by atoms with Gasteiger partial charge in [-0.2, -0.15) is 0 Å². The molecule has 0 unspecified atom stereocenters. The van der Waals surface area contributed by atoms with Crippen molar-refractivity contribution in [3.8, 4) is 0 Å². The zero-order chi connectivity index (χ0) is 16.7. The van der Waals surface area contributed by atoms with Gasteiger partial charge >= 0.3 is 5.97 Å². The predicted molar refractivity (Wildman–Crippen MR) is 93.0 cm³/mol. The highest BCUT2D eigenvalue weighted by atomic mass is 32.1. The van der Waals surface area contributed by atoms with Crippen molar-refractivity contribution in [1.82, 2.24) is 0 Å². The molecule has 0 aliphatic rings. The summed E-state index contributed by atoms with van der Waals surface area (Å²) in [5, 5.41) is 3.44. The van der Waals surface area contributed by atoms with Gasteiger partial charge in [0.25, 0.3) is 0 Å². The number of aryl methyl sites for hydroxylation is 2. The number of esters is 1. The number of nitrogens with one attached hydrogen (secondary N) is 1. The highest BCUT2D eigenvalue weighted by molar-refractivity contribution is 7.16. The van der Waals surface area contributed by atoms with Crippen LogP contribution in [0.3, 0.4) is 0 Å². The quantitative estimate of drug-likeness (QED) is 0.779. The van der Waals surface area contributed by atoms with Crippen molar-refractivity contribution in [2.24, 2.45) is 0 Å². The van der Waals surface area contributed by atoms with Crippen LogP contribution in [0.4, 0.5) is 5.00 Å². The van der Waals surface area contributed by atoms with E-state index in [4.69, 9.17) is 4.74 Å². The van der Waals surface area contributed by atoms with Crippen LogP contribution in [0.2, 0.25) is 0 Å². The first-order valence-electron chi connectivity index (χ1n) is 7.77. The second-order valence-corrected chi connectivity index (χ2v) is 6.20. The first-order valence-corrected chi connectivity index (χ1v) is 8.59. The third kappa shape index (κ3) is 4.93. The Morgan fingerprint density at radius 1 is 1.17 bits per heavy atom. The summed E-state index contributed by atoms with van der Waals surface area (Å²) in [6.45, 7) is 4.10. The van der Waals surface area contributed by atoms with Gasteiger partial charge in [-0.05, 0) is 31.4 Å². The minimum Gasteiger partial charge on any atom is -0.462 e. The van der Waals surface area contributed by atoms with Crippen molar-refractivity contribution in [2.45, 2.75) is 33.1 Å². The van der Waals surface area contributed by atoms with Crippen molar-refractivity contribution in [3.63, 3.8) is 0 Å². The first-order chi connectivity index (χ1) is 11.1. The van der Waals surface area contributed by atoms with E-state index in [0.29, 0.717) is 30.0 Å². The number of benzene rings is 1. The van der Waals surface area contributed by atoms with Crippen LogP contribution in [0.1, 0.15) is 41.1 Å². The maximum atomic E-state index is 12.2. The van der Waals surface area contributed by atoms with E-state index < -0.39 is 0 Å². The number of hydrogen-bond donors (Lipinski definition) is 1. The summed E-state index contributed by atoms with van der Waals surface area (Å²) < 4.78 is 5.05. The van der Waals surface area contributed by atoms with E-state index in [-0.39, 0.29) is 11.9 Å². The fraction of sp³-hybridized carbons (Fsp3) is 0.333. The highest BCUT2D eigenvalue weighted by Crippen LogP contribution is 2.29. The van der Waals surface area contributed by atoms with E-state index in [1.165, 1.54) is 11.3 Å². The summed E-state index contributed by atoms with van der Waals surface area (Å²) in [6.07, 6.45) is 1.87. The lowest BCUT2D eigenvalue weighted by Gasteiger charge is -2.06. The fourth-order valence-electron chi connectivity index (χ4n) is 2.16. The Morgan fingerprint density at radius 3 is 2.57 bits per heavy atom. The Morgan fingerprint density at radius 2 is 1.91 bits per heavy atom. The van der Waals surface area contributed by atoms with Crippen LogP contribution in [0.25, 0.3) is 0 Å². The van der Waals surface area contributed by atoms with Gasteiger partial charge in [-0.15, -0.1) is 11.3 Å². The van der Waals surface area contributed by atoms with Crippen molar-refractivity contribution in [3.05, 3.63) is 52.4 Å². The van der Waals surface area contributed by atoms with Crippen LogP contribution in [0, 0.1) is 0 Å². The third-order valence-corrected chi connectivity index (χ3v) is 4.56. The summed E-state index contributed by atoms with van der Waals surface area (Å²) in [4.78, 5) is 25.2. The van der Waals surface area contributed by atoms with E-state index in [9.17, 15) is 9.59 Å². The summed E-state index contributed by atoms with van der Waals surface area (Å²) >= 11 is 1.43. The maximum absolute atomic E-state index is 12.2. The molecule has 1 aromatic heterocycles. The lowest BCUT2D eigenvalue weighted by Crippen LogP contribution is -2.14. The van der Waals surface area contributed by atoms with Gasteiger partial charge in [0.05, 0.1) is 12.2 Å². The Balaban J connectivity index is 2.02. The largest absolute Gasteiger partial charge is 0.462 e. The van der Waals surface area contributed by atoms with E-state index in [2.05, 4.69) is 5.32 Å². The molecule has 0 fully saturated rings. The lowest BCUT2D eigenvalue weighted by atomic mass is 10.1. The number of thiophene rings is 1. The van der Waals surface area contributed by atoms with Crippen molar-refractivity contribution < 1.29 is 14.3 Å². The van der Waals surface area contributed by atoms with E-state index in [0.717, 1.165) is 16.9 Å². The highest BCUT2D eigenvalue weighted by Gasteiger charge is 2.18. The Bertz CT molecular complexity index is 664. The molecule has 1 aromatic carbocycles. The Hall–Kier alpha value is -2.14. The summed E-state index contributed by atoms with van der Waals surface area (Å²) in [5.74, 6) is -0.481. The summed E-state index contributed by atoms with van der Waals surface area (Å²) in [7, 11) is 0. The molecule has 23 heavy (non-hydrogen) atoms. The van der Waals surface area contributed by atoms with E-state index >= 15 is 0 Å². The van der Waals surface area contributed by atoms with Crippen molar-refractivity contribution in [2.75, 3.05) is 11.9 Å².